The SMILES string of the molecule is CC1CCC(N2CNC(C)C2=O)C(C)C1. The Kier molecular flexibility index (Phi) is 3.01. The molecule has 2 rings (SSSR count). The Morgan fingerprint density at radius 3 is 2.53 bits per heavy atom. The van der Waals surface area contributed by atoms with Gasteiger partial charge in [-0.15, -0.1) is 0 Å². The Bertz CT molecular complexity index is 254. The van der Waals surface area contributed by atoms with Crippen LogP contribution in [0.3, 0.4) is 0 Å². The van der Waals surface area contributed by atoms with E-state index < -0.39 is 0 Å². The number of amides is 1. The van der Waals surface area contributed by atoms with Gasteiger partial charge in [0, 0.05) is 6.04 Å². The molecule has 3 nitrogen and oxygen atoms in total. The minimum Gasteiger partial charge on any atom is -0.325 e. The van der Waals surface area contributed by atoms with Crippen molar-refractivity contribution in [1.82, 2.24) is 10.2 Å². The highest BCUT2D eigenvalue weighted by atomic mass is 16.2. The molecule has 15 heavy (non-hydrogen) atoms. The van der Waals surface area contributed by atoms with Crippen LogP contribution in [-0.2, 0) is 4.79 Å². The van der Waals surface area contributed by atoms with Crippen molar-refractivity contribution in [2.24, 2.45) is 11.8 Å². The summed E-state index contributed by atoms with van der Waals surface area (Å²) in [6.45, 7) is 7.32. The number of hydrogen-bond acceptors (Lipinski definition) is 2. The van der Waals surface area contributed by atoms with Gasteiger partial charge in [0.15, 0.2) is 0 Å². The van der Waals surface area contributed by atoms with Gasteiger partial charge >= 0.3 is 0 Å². The molecule has 1 N–H and O–H groups in total. The third-order valence-corrected chi connectivity index (χ3v) is 4.01. The van der Waals surface area contributed by atoms with E-state index in [1.807, 2.05) is 6.92 Å². The first-order valence-corrected chi connectivity index (χ1v) is 6.13. The summed E-state index contributed by atoms with van der Waals surface area (Å²) in [6.07, 6.45) is 3.72. The summed E-state index contributed by atoms with van der Waals surface area (Å²) < 4.78 is 0. The second-order valence-electron chi connectivity index (χ2n) is 5.35. The van der Waals surface area contributed by atoms with Crippen LogP contribution in [0.2, 0.25) is 0 Å². The molecule has 1 saturated heterocycles. The van der Waals surface area contributed by atoms with Gasteiger partial charge in [0.05, 0.1) is 12.7 Å². The standard InChI is InChI=1S/C12H22N2O/c1-8-4-5-11(9(2)6-8)14-7-13-10(3)12(14)15/h8-11,13H,4-7H2,1-3H3. The summed E-state index contributed by atoms with van der Waals surface area (Å²) in [6, 6.07) is 0.502. The van der Waals surface area contributed by atoms with Gasteiger partial charge < -0.3 is 4.90 Å². The Morgan fingerprint density at radius 2 is 2.00 bits per heavy atom. The predicted molar refractivity (Wildman–Crippen MR) is 60.3 cm³/mol. The number of carbonyl (C=O) groups is 1. The number of nitrogens with zero attached hydrogens (tertiary/aromatic N) is 1. The highest BCUT2D eigenvalue weighted by Gasteiger charge is 2.37. The molecule has 0 spiro atoms. The molecule has 0 aromatic rings. The fourth-order valence-corrected chi connectivity index (χ4v) is 3.04. The van der Waals surface area contributed by atoms with E-state index >= 15 is 0 Å². The lowest BCUT2D eigenvalue weighted by Crippen LogP contribution is -2.44. The van der Waals surface area contributed by atoms with Crippen molar-refractivity contribution in [3.8, 4) is 0 Å². The van der Waals surface area contributed by atoms with E-state index in [-0.39, 0.29) is 6.04 Å². The molecule has 1 heterocycles. The van der Waals surface area contributed by atoms with Crippen molar-refractivity contribution in [2.75, 3.05) is 6.67 Å². The van der Waals surface area contributed by atoms with Crippen molar-refractivity contribution >= 4 is 5.91 Å². The molecule has 2 fully saturated rings. The van der Waals surface area contributed by atoms with Crippen LogP contribution in [0, 0.1) is 11.8 Å². The van der Waals surface area contributed by atoms with Crippen molar-refractivity contribution in [1.29, 1.82) is 0 Å². The second kappa shape index (κ2) is 4.12. The van der Waals surface area contributed by atoms with Gasteiger partial charge in [0.1, 0.15) is 0 Å². The summed E-state index contributed by atoms with van der Waals surface area (Å²) in [7, 11) is 0. The van der Waals surface area contributed by atoms with Crippen LogP contribution in [0.5, 0.6) is 0 Å². The molecular formula is C12H22N2O. The molecule has 0 radical (unpaired) electrons. The van der Waals surface area contributed by atoms with Gasteiger partial charge in [0.25, 0.3) is 0 Å². The zero-order valence-corrected chi connectivity index (χ0v) is 9.99. The Morgan fingerprint density at radius 1 is 1.27 bits per heavy atom. The van der Waals surface area contributed by atoms with Crippen molar-refractivity contribution < 1.29 is 4.79 Å². The minimum atomic E-state index is 0.0246. The van der Waals surface area contributed by atoms with Crippen molar-refractivity contribution in [3.63, 3.8) is 0 Å². The maximum atomic E-state index is 11.9. The summed E-state index contributed by atoms with van der Waals surface area (Å²) in [4.78, 5) is 14.0. The largest absolute Gasteiger partial charge is 0.325 e. The van der Waals surface area contributed by atoms with Crippen LogP contribution >= 0.6 is 0 Å². The highest BCUT2D eigenvalue weighted by Crippen LogP contribution is 2.32. The van der Waals surface area contributed by atoms with E-state index in [4.69, 9.17) is 0 Å². The van der Waals surface area contributed by atoms with Crippen LogP contribution in [-0.4, -0.2) is 29.6 Å². The van der Waals surface area contributed by atoms with Crippen LogP contribution in [0.25, 0.3) is 0 Å². The van der Waals surface area contributed by atoms with Crippen LogP contribution in [0.15, 0.2) is 0 Å². The van der Waals surface area contributed by atoms with E-state index in [1.165, 1.54) is 19.3 Å². The first-order chi connectivity index (χ1) is 7.09. The van der Waals surface area contributed by atoms with E-state index in [1.54, 1.807) is 0 Å². The summed E-state index contributed by atoms with van der Waals surface area (Å²) in [5.41, 5.74) is 0. The molecule has 2 aliphatic rings. The number of nitrogens with one attached hydrogen (secondary N) is 1. The molecular weight excluding hydrogens is 188 g/mol. The molecule has 1 amide bonds. The molecule has 0 aromatic heterocycles. The number of rotatable bonds is 1. The molecule has 4 atom stereocenters. The van der Waals surface area contributed by atoms with Gasteiger partial charge in [-0.25, -0.2) is 0 Å². The van der Waals surface area contributed by atoms with E-state index in [9.17, 15) is 4.79 Å². The molecule has 0 bridgehead atoms. The van der Waals surface area contributed by atoms with Crippen LogP contribution in [0.1, 0.15) is 40.0 Å². The summed E-state index contributed by atoms with van der Waals surface area (Å²) in [5.74, 6) is 1.78. The molecule has 1 aliphatic heterocycles. The molecule has 0 aromatic carbocycles. The Hall–Kier alpha value is -0.570. The first-order valence-electron chi connectivity index (χ1n) is 6.13. The maximum Gasteiger partial charge on any atom is 0.240 e. The van der Waals surface area contributed by atoms with Gasteiger partial charge in [-0.2, -0.15) is 0 Å². The minimum absolute atomic E-state index is 0.0246. The topological polar surface area (TPSA) is 32.3 Å². The normalized spacial score (nSPS) is 42.3. The lowest BCUT2D eigenvalue weighted by atomic mass is 9.79. The van der Waals surface area contributed by atoms with Gasteiger partial charge in [0.2, 0.25) is 5.91 Å². The average Bonchev–Trinajstić information content (AvgIpc) is 2.49. The quantitative estimate of drug-likeness (QED) is 0.713. The van der Waals surface area contributed by atoms with Gasteiger partial charge in [-0.05, 0) is 38.0 Å². The first kappa shape index (κ1) is 10.9. The fourth-order valence-electron chi connectivity index (χ4n) is 3.04. The van der Waals surface area contributed by atoms with Crippen LogP contribution < -0.4 is 5.32 Å². The molecule has 1 aliphatic carbocycles. The Balaban J connectivity index is 2.02. The van der Waals surface area contributed by atoms with Gasteiger partial charge in [-0.1, -0.05) is 13.8 Å². The lowest BCUT2D eigenvalue weighted by molar-refractivity contribution is -0.132. The van der Waals surface area contributed by atoms with E-state index in [0.717, 1.165) is 12.6 Å². The summed E-state index contributed by atoms with van der Waals surface area (Å²) >= 11 is 0. The van der Waals surface area contributed by atoms with Crippen molar-refractivity contribution in [2.45, 2.75) is 52.1 Å². The maximum absolute atomic E-state index is 11.9. The van der Waals surface area contributed by atoms with Gasteiger partial charge in [-0.3, -0.25) is 10.1 Å². The highest BCUT2D eigenvalue weighted by molar-refractivity contribution is 5.83. The second-order valence-corrected chi connectivity index (χ2v) is 5.35. The monoisotopic (exact) mass is 210 g/mol. The molecule has 4 unspecified atom stereocenters. The smallest absolute Gasteiger partial charge is 0.240 e. The fraction of sp³-hybridized carbons (Fsp3) is 0.917. The van der Waals surface area contributed by atoms with E-state index in [2.05, 4.69) is 24.1 Å². The summed E-state index contributed by atoms with van der Waals surface area (Å²) in [5, 5.41) is 3.22. The molecule has 86 valence electrons. The zero-order chi connectivity index (χ0) is 11.0. The number of hydrogen-bond donors (Lipinski definition) is 1. The Labute approximate surface area is 92.2 Å². The average molecular weight is 210 g/mol. The third kappa shape index (κ3) is 2.03. The van der Waals surface area contributed by atoms with Crippen molar-refractivity contribution in [3.05, 3.63) is 0 Å². The van der Waals surface area contributed by atoms with Crippen LogP contribution in [0.4, 0.5) is 0 Å². The van der Waals surface area contributed by atoms with E-state index in [0.29, 0.717) is 17.9 Å². The number of carbonyl (C=O) groups excluding carboxylic acids is 1. The predicted octanol–water partition coefficient (Wildman–Crippen LogP) is 1.59. The zero-order valence-electron chi connectivity index (χ0n) is 9.99. The molecule has 3 heteroatoms. The lowest BCUT2D eigenvalue weighted by Gasteiger charge is -2.38. The molecule has 1 saturated carbocycles. The third-order valence-electron chi connectivity index (χ3n) is 4.01.